The van der Waals surface area contributed by atoms with Crippen LogP contribution >= 0.6 is 0 Å². The van der Waals surface area contributed by atoms with Crippen molar-refractivity contribution in [3.63, 3.8) is 0 Å². The molecule has 2 N–H and O–H groups in total. The van der Waals surface area contributed by atoms with Crippen LogP contribution in [-0.4, -0.2) is 6.61 Å². The topological polar surface area (TPSA) is 35.2 Å². The second-order valence-corrected chi connectivity index (χ2v) is 6.17. The molecule has 19 heavy (non-hydrogen) atoms. The van der Waals surface area contributed by atoms with Crippen molar-refractivity contribution in [2.75, 3.05) is 6.61 Å². The van der Waals surface area contributed by atoms with Gasteiger partial charge in [0.25, 0.3) is 0 Å². The summed E-state index contributed by atoms with van der Waals surface area (Å²) in [4.78, 5) is 0. The Labute approximate surface area is 117 Å². The van der Waals surface area contributed by atoms with E-state index in [4.69, 9.17) is 10.5 Å². The number of rotatable bonds is 4. The van der Waals surface area contributed by atoms with Crippen LogP contribution in [0.3, 0.4) is 0 Å². The summed E-state index contributed by atoms with van der Waals surface area (Å²) >= 11 is 0. The van der Waals surface area contributed by atoms with Crippen molar-refractivity contribution in [3.8, 4) is 5.75 Å². The first-order valence-corrected chi connectivity index (χ1v) is 7.59. The Balaban J connectivity index is 2.29. The smallest absolute Gasteiger partial charge is 0.124 e. The minimum Gasteiger partial charge on any atom is -0.493 e. The summed E-state index contributed by atoms with van der Waals surface area (Å²) in [6, 6.07) is 8.32. The standard InChI is InChI=1S/C17H27NO/c1-4-11-19-16-8-6-5-7-15(16)17(18)10-9-13(2)12-14(17)3/h5-8,13-14H,4,9-12,18H2,1-3H3. The third-order valence-corrected chi connectivity index (χ3v) is 4.54. The third kappa shape index (κ3) is 2.94. The quantitative estimate of drug-likeness (QED) is 0.886. The zero-order valence-electron chi connectivity index (χ0n) is 12.5. The van der Waals surface area contributed by atoms with Gasteiger partial charge in [-0.3, -0.25) is 0 Å². The van der Waals surface area contributed by atoms with Crippen LogP contribution in [0.5, 0.6) is 5.75 Å². The first kappa shape index (κ1) is 14.4. The minimum absolute atomic E-state index is 0.225. The Kier molecular flexibility index (Phi) is 4.51. The highest BCUT2D eigenvalue weighted by Crippen LogP contribution is 2.44. The van der Waals surface area contributed by atoms with Crippen molar-refractivity contribution in [2.24, 2.45) is 17.6 Å². The average molecular weight is 261 g/mol. The number of nitrogens with two attached hydrogens (primary N) is 1. The van der Waals surface area contributed by atoms with Gasteiger partial charge in [-0.25, -0.2) is 0 Å². The normalized spacial score (nSPS) is 31.2. The van der Waals surface area contributed by atoms with Crippen LogP contribution < -0.4 is 10.5 Å². The maximum absolute atomic E-state index is 6.78. The minimum atomic E-state index is -0.225. The van der Waals surface area contributed by atoms with Gasteiger partial charge in [0.1, 0.15) is 5.75 Å². The van der Waals surface area contributed by atoms with E-state index in [1.807, 2.05) is 6.07 Å². The highest BCUT2D eigenvalue weighted by molar-refractivity contribution is 5.40. The Morgan fingerprint density at radius 3 is 2.74 bits per heavy atom. The lowest BCUT2D eigenvalue weighted by atomic mass is 9.67. The predicted molar refractivity (Wildman–Crippen MR) is 80.3 cm³/mol. The molecule has 1 aromatic rings. The van der Waals surface area contributed by atoms with Gasteiger partial charge >= 0.3 is 0 Å². The van der Waals surface area contributed by atoms with Gasteiger partial charge in [0.2, 0.25) is 0 Å². The summed E-state index contributed by atoms with van der Waals surface area (Å²) in [7, 11) is 0. The fraction of sp³-hybridized carbons (Fsp3) is 0.647. The van der Waals surface area contributed by atoms with Gasteiger partial charge in [-0.15, -0.1) is 0 Å². The number of benzene rings is 1. The molecule has 0 bridgehead atoms. The van der Waals surface area contributed by atoms with E-state index in [1.54, 1.807) is 0 Å². The highest BCUT2D eigenvalue weighted by atomic mass is 16.5. The molecular formula is C17H27NO. The molecule has 3 atom stereocenters. The maximum Gasteiger partial charge on any atom is 0.124 e. The molecule has 2 heteroatoms. The summed E-state index contributed by atoms with van der Waals surface area (Å²) in [5.41, 5.74) is 7.75. The summed E-state index contributed by atoms with van der Waals surface area (Å²) in [6.45, 7) is 7.51. The molecule has 2 nitrogen and oxygen atoms in total. The van der Waals surface area contributed by atoms with Gasteiger partial charge in [0, 0.05) is 11.1 Å². The molecule has 2 rings (SSSR count). The Hall–Kier alpha value is -1.02. The number of para-hydroxylation sites is 1. The van der Waals surface area contributed by atoms with E-state index in [0.29, 0.717) is 5.92 Å². The first-order chi connectivity index (χ1) is 9.08. The first-order valence-electron chi connectivity index (χ1n) is 7.59. The van der Waals surface area contributed by atoms with Gasteiger partial charge in [0.05, 0.1) is 6.61 Å². The van der Waals surface area contributed by atoms with Crippen molar-refractivity contribution in [1.29, 1.82) is 0 Å². The van der Waals surface area contributed by atoms with Crippen LogP contribution in [0.1, 0.15) is 52.0 Å². The van der Waals surface area contributed by atoms with Crippen molar-refractivity contribution in [2.45, 2.75) is 52.0 Å². The molecule has 0 spiro atoms. The van der Waals surface area contributed by atoms with Gasteiger partial charge in [-0.2, -0.15) is 0 Å². The van der Waals surface area contributed by atoms with Gasteiger partial charge in [-0.05, 0) is 43.6 Å². The SMILES string of the molecule is CCCOc1ccccc1C1(N)CCC(C)CC1C. The Morgan fingerprint density at radius 2 is 2.05 bits per heavy atom. The van der Waals surface area contributed by atoms with Crippen molar-refractivity contribution < 1.29 is 4.74 Å². The molecule has 1 saturated carbocycles. The number of ether oxygens (including phenoxy) is 1. The van der Waals surface area contributed by atoms with Crippen LogP contribution in [-0.2, 0) is 5.54 Å². The molecule has 0 heterocycles. The lowest BCUT2D eigenvalue weighted by molar-refractivity contribution is 0.159. The van der Waals surface area contributed by atoms with Crippen molar-refractivity contribution >= 4 is 0 Å². The van der Waals surface area contributed by atoms with E-state index in [2.05, 4.69) is 39.0 Å². The molecule has 0 aliphatic heterocycles. The number of hydrogen-bond donors (Lipinski definition) is 1. The second-order valence-electron chi connectivity index (χ2n) is 6.17. The summed E-state index contributed by atoms with van der Waals surface area (Å²) in [5, 5.41) is 0. The fourth-order valence-corrected chi connectivity index (χ4v) is 3.25. The van der Waals surface area contributed by atoms with Crippen LogP contribution in [0, 0.1) is 11.8 Å². The van der Waals surface area contributed by atoms with E-state index < -0.39 is 0 Å². The lowest BCUT2D eigenvalue weighted by Gasteiger charge is -2.43. The molecule has 0 radical (unpaired) electrons. The summed E-state index contributed by atoms with van der Waals surface area (Å²) in [6.07, 6.45) is 4.50. The van der Waals surface area contributed by atoms with E-state index in [0.717, 1.165) is 31.1 Å². The van der Waals surface area contributed by atoms with Crippen LogP contribution in [0.25, 0.3) is 0 Å². The zero-order chi connectivity index (χ0) is 13.9. The van der Waals surface area contributed by atoms with Gasteiger partial charge < -0.3 is 10.5 Å². The van der Waals surface area contributed by atoms with Crippen molar-refractivity contribution in [1.82, 2.24) is 0 Å². The molecule has 1 fully saturated rings. The highest BCUT2D eigenvalue weighted by Gasteiger charge is 2.39. The van der Waals surface area contributed by atoms with Gasteiger partial charge in [0.15, 0.2) is 0 Å². The van der Waals surface area contributed by atoms with E-state index in [1.165, 1.54) is 18.4 Å². The molecule has 106 valence electrons. The monoisotopic (exact) mass is 261 g/mol. The summed E-state index contributed by atoms with van der Waals surface area (Å²) < 4.78 is 5.90. The molecule has 0 amide bonds. The van der Waals surface area contributed by atoms with Gasteiger partial charge in [-0.1, -0.05) is 39.0 Å². The van der Waals surface area contributed by atoms with Crippen molar-refractivity contribution in [3.05, 3.63) is 29.8 Å². The predicted octanol–water partition coefficient (Wildman–Crippen LogP) is 4.09. The Bertz CT molecular complexity index is 417. The molecule has 1 aliphatic carbocycles. The third-order valence-electron chi connectivity index (χ3n) is 4.54. The lowest BCUT2D eigenvalue weighted by Crippen LogP contribution is -2.46. The van der Waals surface area contributed by atoms with E-state index >= 15 is 0 Å². The second kappa shape index (κ2) is 5.96. The molecule has 0 saturated heterocycles. The van der Waals surface area contributed by atoms with Crippen LogP contribution in [0.2, 0.25) is 0 Å². The largest absolute Gasteiger partial charge is 0.493 e. The summed E-state index contributed by atoms with van der Waals surface area (Å²) in [5.74, 6) is 2.27. The van der Waals surface area contributed by atoms with E-state index in [9.17, 15) is 0 Å². The fourth-order valence-electron chi connectivity index (χ4n) is 3.25. The number of hydrogen-bond acceptors (Lipinski definition) is 2. The Morgan fingerprint density at radius 1 is 1.32 bits per heavy atom. The van der Waals surface area contributed by atoms with Crippen LogP contribution in [0.15, 0.2) is 24.3 Å². The maximum atomic E-state index is 6.78. The zero-order valence-corrected chi connectivity index (χ0v) is 12.5. The molecule has 0 aromatic heterocycles. The average Bonchev–Trinajstić information content (AvgIpc) is 2.41. The molecule has 1 aliphatic rings. The molecule has 3 unspecified atom stereocenters. The van der Waals surface area contributed by atoms with Crippen LogP contribution in [0.4, 0.5) is 0 Å². The molecule has 1 aromatic carbocycles. The van der Waals surface area contributed by atoms with E-state index in [-0.39, 0.29) is 5.54 Å². The molecular weight excluding hydrogens is 234 g/mol.